The first-order chi connectivity index (χ1) is 12.6. The molecule has 0 saturated carbocycles. The predicted molar refractivity (Wildman–Crippen MR) is 123 cm³/mol. The summed E-state index contributed by atoms with van der Waals surface area (Å²) in [6.45, 7) is 23.5. The summed E-state index contributed by atoms with van der Waals surface area (Å²) in [5, 5.41) is 0. The van der Waals surface area contributed by atoms with Gasteiger partial charge in [-0.25, -0.2) is 0 Å². The molecular formula is C22H43NO2Si2. The van der Waals surface area contributed by atoms with E-state index in [0.29, 0.717) is 16.6 Å². The molecule has 27 heavy (non-hydrogen) atoms. The van der Waals surface area contributed by atoms with Gasteiger partial charge >= 0.3 is 8.56 Å². The lowest BCUT2D eigenvalue weighted by molar-refractivity contribution is 0.176. The van der Waals surface area contributed by atoms with Gasteiger partial charge in [-0.3, -0.25) is 0 Å². The zero-order valence-electron chi connectivity index (χ0n) is 19.2. The van der Waals surface area contributed by atoms with Gasteiger partial charge in [-0.15, -0.1) is 0 Å². The monoisotopic (exact) mass is 409 g/mol. The van der Waals surface area contributed by atoms with Crippen molar-refractivity contribution in [1.82, 2.24) is 4.57 Å². The number of hydrogen-bond acceptors (Lipinski definition) is 3. The summed E-state index contributed by atoms with van der Waals surface area (Å²) in [5.74, 6) is 0. The third-order valence-electron chi connectivity index (χ3n) is 5.92. The van der Waals surface area contributed by atoms with Gasteiger partial charge in [-0.1, -0.05) is 71.9 Å². The van der Waals surface area contributed by atoms with Crippen molar-refractivity contribution in [1.29, 1.82) is 0 Å². The van der Waals surface area contributed by atoms with E-state index in [9.17, 15) is 0 Å². The Morgan fingerprint density at radius 1 is 0.815 bits per heavy atom. The van der Waals surface area contributed by atoms with Crippen LogP contribution < -0.4 is 0 Å². The topological polar surface area (TPSA) is 21.7 Å². The van der Waals surface area contributed by atoms with Crippen molar-refractivity contribution in [2.45, 2.75) is 85.1 Å². The van der Waals surface area contributed by atoms with Crippen LogP contribution in [0, 0.1) is 0 Å². The quantitative estimate of drug-likeness (QED) is 0.375. The maximum absolute atomic E-state index is 6.27. The second-order valence-electron chi connectivity index (χ2n) is 8.69. The van der Waals surface area contributed by atoms with Crippen molar-refractivity contribution >= 4 is 16.8 Å². The lowest BCUT2D eigenvalue weighted by atomic mass is 10.2. The first-order valence-electron chi connectivity index (χ1n) is 10.7. The third kappa shape index (κ3) is 6.00. The van der Waals surface area contributed by atoms with E-state index in [1.165, 1.54) is 5.56 Å². The molecule has 1 rings (SSSR count). The Hall–Kier alpha value is -0.466. The Balaban J connectivity index is 3.42. The Bertz CT molecular complexity index is 507. The average molecular weight is 410 g/mol. The number of nitrogens with zero attached hydrogens (tertiary/aromatic N) is 1. The maximum Gasteiger partial charge on any atom is 0.348 e. The normalized spacial score (nSPS) is 13.4. The van der Waals surface area contributed by atoms with Gasteiger partial charge < -0.3 is 13.4 Å². The van der Waals surface area contributed by atoms with Crippen LogP contribution in [-0.4, -0.2) is 40.7 Å². The van der Waals surface area contributed by atoms with Gasteiger partial charge in [0.15, 0.2) is 0 Å². The van der Waals surface area contributed by atoms with Crippen molar-refractivity contribution < 1.29 is 8.85 Å². The Kier molecular flexibility index (Phi) is 9.93. The lowest BCUT2D eigenvalue weighted by Gasteiger charge is -2.52. The van der Waals surface area contributed by atoms with Gasteiger partial charge in [0.25, 0.3) is 0 Å². The van der Waals surface area contributed by atoms with E-state index in [0.717, 1.165) is 25.9 Å². The van der Waals surface area contributed by atoms with Gasteiger partial charge in [0.2, 0.25) is 0 Å². The molecule has 0 bridgehead atoms. The van der Waals surface area contributed by atoms with E-state index in [1.54, 1.807) is 0 Å². The average Bonchev–Trinajstić information content (AvgIpc) is 2.55. The fourth-order valence-corrected chi connectivity index (χ4v) is 16.2. The van der Waals surface area contributed by atoms with Crippen LogP contribution in [0.2, 0.25) is 23.2 Å². The SMILES string of the molecule is CCO[Si](C)(CN(Cc1ccccc1)[Si](C(C)C)(C(C)C)C(C)C)OCC. The molecule has 0 aliphatic carbocycles. The van der Waals surface area contributed by atoms with Crippen molar-refractivity contribution in [2.75, 3.05) is 19.4 Å². The molecule has 0 spiro atoms. The van der Waals surface area contributed by atoms with Crippen LogP contribution in [0.5, 0.6) is 0 Å². The minimum Gasteiger partial charge on any atom is -0.394 e. The highest BCUT2D eigenvalue weighted by Gasteiger charge is 2.50. The standard InChI is InChI=1S/C22H43NO2Si2/c1-10-24-26(9,25-11-2)18-23(17-22-15-13-12-14-16-22)27(19(3)4,20(5)6)21(7)8/h12-16,19-21H,10-11,17-18H2,1-9H3. The number of hydrogen-bond donors (Lipinski definition) is 0. The van der Waals surface area contributed by atoms with Crippen molar-refractivity contribution in [3.63, 3.8) is 0 Å². The minimum absolute atomic E-state index is 0.669. The first kappa shape index (κ1) is 24.6. The van der Waals surface area contributed by atoms with E-state index in [1.807, 2.05) is 0 Å². The summed E-state index contributed by atoms with van der Waals surface area (Å²) in [6, 6.07) is 10.9. The van der Waals surface area contributed by atoms with Crippen LogP contribution >= 0.6 is 0 Å². The zero-order chi connectivity index (χ0) is 20.7. The van der Waals surface area contributed by atoms with Crippen molar-refractivity contribution in [3.05, 3.63) is 35.9 Å². The third-order valence-corrected chi connectivity index (χ3v) is 15.9. The molecule has 5 heteroatoms. The maximum atomic E-state index is 6.27. The van der Waals surface area contributed by atoms with Crippen LogP contribution in [0.3, 0.4) is 0 Å². The summed E-state index contributed by atoms with van der Waals surface area (Å²) in [7, 11) is -4.05. The molecule has 0 radical (unpaired) electrons. The lowest BCUT2D eigenvalue weighted by Crippen LogP contribution is -2.65. The largest absolute Gasteiger partial charge is 0.394 e. The van der Waals surface area contributed by atoms with E-state index in [4.69, 9.17) is 8.85 Å². The van der Waals surface area contributed by atoms with Gasteiger partial charge in [0.05, 0.1) is 0 Å². The Labute approximate surface area is 170 Å². The van der Waals surface area contributed by atoms with E-state index < -0.39 is 16.8 Å². The summed E-state index contributed by atoms with van der Waals surface area (Å²) in [5.41, 5.74) is 3.40. The molecule has 0 saturated heterocycles. The first-order valence-corrected chi connectivity index (χ1v) is 15.4. The molecule has 0 fully saturated rings. The molecule has 0 aliphatic rings. The molecule has 0 aromatic heterocycles. The molecule has 0 atom stereocenters. The van der Waals surface area contributed by atoms with Gasteiger partial charge in [-0.2, -0.15) is 0 Å². The second-order valence-corrected chi connectivity index (χ2v) is 17.7. The second kappa shape index (κ2) is 10.9. The molecule has 0 unspecified atom stereocenters. The predicted octanol–water partition coefficient (Wildman–Crippen LogP) is 6.35. The molecule has 0 heterocycles. The van der Waals surface area contributed by atoms with Crippen molar-refractivity contribution in [3.8, 4) is 0 Å². The molecule has 156 valence electrons. The Morgan fingerprint density at radius 2 is 1.26 bits per heavy atom. The van der Waals surface area contributed by atoms with Gasteiger partial charge in [0.1, 0.15) is 8.24 Å². The highest BCUT2D eigenvalue weighted by Crippen LogP contribution is 2.45. The van der Waals surface area contributed by atoms with Crippen molar-refractivity contribution in [2.24, 2.45) is 0 Å². The summed E-state index contributed by atoms with van der Waals surface area (Å²) in [6.07, 6.45) is 0.949. The van der Waals surface area contributed by atoms with Gasteiger partial charge in [0, 0.05) is 25.9 Å². The Morgan fingerprint density at radius 3 is 1.63 bits per heavy atom. The van der Waals surface area contributed by atoms with Crippen LogP contribution in [0.1, 0.15) is 61.0 Å². The highest BCUT2D eigenvalue weighted by atomic mass is 28.4. The van der Waals surface area contributed by atoms with E-state index in [-0.39, 0.29) is 0 Å². The van der Waals surface area contributed by atoms with E-state index in [2.05, 4.69) is 96.8 Å². The molecular weight excluding hydrogens is 366 g/mol. The molecule has 3 nitrogen and oxygen atoms in total. The zero-order valence-corrected chi connectivity index (χ0v) is 21.2. The smallest absolute Gasteiger partial charge is 0.348 e. The summed E-state index contributed by atoms with van der Waals surface area (Å²) in [4.78, 5) is 0. The highest BCUT2D eigenvalue weighted by molar-refractivity contribution is 6.82. The van der Waals surface area contributed by atoms with Crippen LogP contribution in [0.15, 0.2) is 30.3 Å². The molecule has 0 aliphatic heterocycles. The van der Waals surface area contributed by atoms with E-state index >= 15 is 0 Å². The number of rotatable bonds is 12. The van der Waals surface area contributed by atoms with Crippen LogP contribution in [0.25, 0.3) is 0 Å². The van der Waals surface area contributed by atoms with Crippen LogP contribution in [-0.2, 0) is 15.4 Å². The molecule has 1 aromatic rings. The molecule has 1 aromatic carbocycles. The minimum atomic E-state index is -2.25. The summed E-state index contributed by atoms with van der Waals surface area (Å²) >= 11 is 0. The number of benzene rings is 1. The fourth-order valence-electron chi connectivity index (χ4n) is 5.32. The van der Waals surface area contributed by atoms with Gasteiger partial charge in [-0.05, 0) is 42.6 Å². The molecule has 0 amide bonds. The summed E-state index contributed by atoms with van der Waals surface area (Å²) < 4.78 is 15.4. The van der Waals surface area contributed by atoms with Crippen LogP contribution in [0.4, 0.5) is 0 Å². The fraction of sp³-hybridized carbons (Fsp3) is 0.727. The molecule has 0 N–H and O–H groups in total.